The minimum atomic E-state index is -1.45. The van der Waals surface area contributed by atoms with E-state index in [9.17, 15) is 0 Å². The molecule has 0 fully saturated rings. The standard InChI is InChI=1S/C8H25N3Si4/c1-10(13(3)9-12)15(7,8)11(2)14(4,5)6/h9H,1-8H3. The van der Waals surface area contributed by atoms with E-state index in [1.165, 1.54) is 0 Å². The van der Waals surface area contributed by atoms with Gasteiger partial charge in [-0.25, -0.2) is 0 Å². The fourth-order valence-electron chi connectivity index (χ4n) is 1.54. The molecule has 0 aliphatic rings. The summed E-state index contributed by atoms with van der Waals surface area (Å²) in [5.41, 5.74) is 0. The molecule has 88 valence electrons. The number of nitrogens with one attached hydrogen (secondary N) is 1. The maximum absolute atomic E-state index is 3.42. The van der Waals surface area contributed by atoms with Crippen LogP contribution in [0, 0.1) is 0 Å². The molecule has 3 nitrogen and oxygen atoms in total. The second-order valence-corrected chi connectivity index (χ2v) is 18.6. The molecule has 7 heteroatoms. The van der Waals surface area contributed by atoms with E-state index in [4.69, 9.17) is 0 Å². The van der Waals surface area contributed by atoms with Crippen molar-refractivity contribution in [2.45, 2.75) is 39.3 Å². The van der Waals surface area contributed by atoms with E-state index in [0.29, 0.717) is 0 Å². The smallest absolute Gasteiger partial charge is 0.209 e. The average molecular weight is 276 g/mol. The summed E-state index contributed by atoms with van der Waals surface area (Å²) in [5.74, 6) is 0. The van der Waals surface area contributed by atoms with Crippen LogP contribution in [0.5, 0.6) is 0 Å². The minimum Gasteiger partial charge on any atom is -0.351 e. The molecule has 0 atom stereocenters. The van der Waals surface area contributed by atoms with Gasteiger partial charge in [-0.15, -0.1) is 0 Å². The fraction of sp³-hybridized carbons (Fsp3) is 1.00. The van der Waals surface area contributed by atoms with Crippen LogP contribution in [0.1, 0.15) is 0 Å². The van der Waals surface area contributed by atoms with Crippen LogP contribution in [0.3, 0.4) is 0 Å². The Kier molecular flexibility index (Phi) is 5.65. The highest BCUT2D eigenvalue weighted by molar-refractivity contribution is 6.92. The van der Waals surface area contributed by atoms with Crippen LogP contribution < -0.4 is 4.65 Å². The topological polar surface area (TPSA) is 18.5 Å². The van der Waals surface area contributed by atoms with E-state index < -0.39 is 25.8 Å². The van der Waals surface area contributed by atoms with E-state index >= 15 is 0 Å². The van der Waals surface area contributed by atoms with Crippen molar-refractivity contribution in [3.63, 3.8) is 0 Å². The zero-order valence-electron chi connectivity index (χ0n) is 11.4. The lowest BCUT2D eigenvalue weighted by Gasteiger charge is -2.48. The molecule has 0 saturated carbocycles. The van der Waals surface area contributed by atoms with Gasteiger partial charge in [0.05, 0.1) is 0 Å². The van der Waals surface area contributed by atoms with Gasteiger partial charge in [-0.05, 0) is 33.7 Å². The van der Waals surface area contributed by atoms with Gasteiger partial charge in [0, 0.05) is 0 Å². The summed E-state index contributed by atoms with van der Waals surface area (Å²) in [5, 5.41) is 0. The summed E-state index contributed by atoms with van der Waals surface area (Å²) >= 11 is 0. The van der Waals surface area contributed by atoms with Gasteiger partial charge < -0.3 is 13.1 Å². The van der Waals surface area contributed by atoms with Crippen molar-refractivity contribution in [3.05, 3.63) is 0 Å². The van der Waals surface area contributed by atoms with Crippen LogP contribution in [0.15, 0.2) is 0 Å². The molecule has 1 N–H and O–H groups in total. The van der Waals surface area contributed by atoms with Crippen LogP contribution in [-0.2, 0) is 0 Å². The molecular formula is C8H25N3Si4. The molecule has 0 amide bonds. The van der Waals surface area contributed by atoms with Crippen LogP contribution in [0.4, 0.5) is 0 Å². The third kappa shape index (κ3) is 3.91. The fourth-order valence-corrected chi connectivity index (χ4v) is 14.2. The molecule has 0 aromatic heterocycles. The van der Waals surface area contributed by atoms with E-state index in [0.717, 1.165) is 0 Å². The Morgan fingerprint density at radius 2 is 1.47 bits per heavy atom. The van der Waals surface area contributed by atoms with Crippen LogP contribution in [0.2, 0.25) is 39.3 Å². The van der Waals surface area contributed by atoms with Gasteiger partial charge in [0.15, 0.2) is 8.40 Å². The van der Waals surface area contributed by atoms with Gasteiger partial charge in [0.25, 0.3) is 0 Å². The van der Waals surface area contributed by atoms with Crippen molar-refractivity contribution in [1.82, 2.24) is 13.1 Å². The summed E-state index contributed by atoms with van der Waals surface area (Å²) in [6.07, 6.45) is 0. The Labute approximate surface area is 103 Å². The van der Waals surface area contributed by atoms with Gasteiger partial charge >= 0.3 is 0 Å². The van der Waals surface area contributed by atoms with Crippen molar-refractivity contribution >= 4 is 36.2 Å². The molecular weight excluding hydrogens is 250 g/mol. The Bertz CT molecular complexity index is 205. The normalized spacial score (nSPS) is 14.4. The van der Waals surface area contributed by atoms with E-state index in [1.807, 2.05) is 0 Å². The number of nitrogens with zero attached hydrogens (tertiary/aromatic N) is 2. The zero-order valence-corrected chi connectivity index (χ0v) is 15.4. The largest absolute Gasteiger partial charge is 0.351 e. The first-order valence-corrected chi connectivity index (χ1v) is 14.1. The van der Waals surface area contributed by atoms with Gasteiger partial charge in [-0.3, -0.25) is 0 Å². The molecule has 4 radical (unpaired) electrons. The first-order valence-electron chi connectivity index (χ1n) is 5.29. The second kappa shape index (κ2) is 5.39. The first-order chi connectivity index (χ1) is 6.55. The van der Waals surface area contributed by atoms with Crippen molar-refractivity contribution in [2.24, 2.45) is 0 Å². The van der Waals surface area contributed by atoms with Gasteiger partial charge in [-0.2, -0.15) is 0 Å². The third-order valence-electron chi connectivity index (χ3n) is 3.33. The Hall–Kier alpha value is 0.748. The van der Waals surface area contributed by atoms with Crippen molar-refractivity contribution in [3.8, 4) is 0 Å². The van der Waals surface area contributed by atoms with Crippen LogP contribution >= 0.6 is 0 Å². The zero-order chi connectivity index (χ0) is 12.4. The Morgan fingerprint density at radius 3 is 1.73 bits per heavy atom. The van der Waals surface area contributed by atoms with E-state index in [2.05, 4.69) is 76.9 Å². The summed E-state index contributed by atoms with van der Waals surface area (Å²) in [6.45, 7) is 14.4. The predicted molar refractivity (Wildman–Crippen MR) is 76.9 cm³/mol. The van der Waals surface area contributed by atoms with Crippen LogP contribution in [0.25, 0.3) is 0 Å². The molecule has 0 aromatic rings. The number of hydrogen-bond donors (Lipinski definition) is 1. The maximum Gasteiger partial charge on any atom is 0.209 e. The summed E-state index contributed by atoms with van der Waals surface area (Å²) in [4.78, 5) is 0. The maximum atomic E-state index is 3.42. The van der Waals surface area contributed by atoms with Crippen molar-refractivity contribution < 1.29 is 0 Å². The second-order valence-electron chi connectivity index (χ2n) is 5.49. The highest BCUT2D eigenvalue weighted by Gasteiger charge is 2.40. The lowest BCUT2D eigenvalue weighted by atomic mass is 11.6. The Morgan fingerprint density at radius 1 is 1.07 bits per heavy atom. The SMILES string of the molecule is CN([Si](C)N[Si])[Si](C)(C)N(C)[Si](C)(C)C. The Balaban J connectivity index is 4.81. The van der Waals surface area contributed by atoms with Gasteiger partial charge in [0.1, 0.15) is 18.6 Å². The van der Waals surface area contributed by atoms with Crippen molar-refractivity contribution in [2.75, 3.05) is 14.1 Å². The molecule has 0 bridgehead atoms. The molecule has 15 heavy (non-hydrogen) atoms. The first kappa shape index (κ1) is 15.7. The molecule has 0 saturated heterocycles. The van der Waals surface area contributed by atoms with Crippen LogP contribution in [-0.4, -0.2) is 58.7 Å². The summed E-state index contributed by atoms with van der Waals surface area (Å²) < 4.78 is 8.48. The number of hydrogen-bond acceptors (Lipinski definition) is 3. The minimum absolute atomic E-state index is 0.629. The monoisotopic (exact) mass is 275 g/mol. The molecule has 0 heterocycles. The average Bonchev–Trinajstić information content (AvgIpc) is 2.12. The molecule has 0 aliphatic heterocycles. The highest BCUT2D eigenvalue weighted by Crippen LogP contribution is 2.20. The summed E-state index contributed by atoms with van der Waals surface area (Å²) in [7, 11) is 4.71. The molecule has 0 aromatic carbocycles. The number of rotatable bonds is 5. The van der Waals surface area contributed by atoms with Crippen molar-refractivity contribution in [1.29, 1.82) is 0 Å². The molecule has 0 spiro atoms. The summed E-state index contributed by atoms with van der Waals surface area (Å²) in [6, 6.07) is 0. The molecule has 0 rings (SSSR count). The van der Waals surface area contributed by atoms with Gasteiger partial charge in [-0.1, -0.05) is 19.6 Å². The molecule has 0 unspecified atom stereocenters. The quantitative estimate of drug-likeness (QED) is 0.760. The molecule has 0 aliphatic carbocycles. The third-order valence-corrected chi connectivity index (χ3v) is 17.4. The van der Waals surface area contributed by atoms with E-state index in [-0.39, 0.29) is 0 Å². The van der Waals surface area contributed by atoms with Gasteiger partial charge in [0.2, 0.25) is 9.12 Å². The van der Waals surface area contributed by atoms with E-state index in [1.54, 1.807) is 0 Å². The lowest BCUT2D eigenvalue weighted by Crippen LogP contribution is -2.70. The predicted octanol–water partition coefficient (Wildman–Crippen LogP) is 1.18. The highest BCUT2D eigenvalue weighted by atomic mass is 28.4. The lowest BCUT2D eigenvalue weighted by molar-refractivity contribution is 0.626.